The molecule has 1 fully saturated rings. The molecule has 0 unspecified atom stereocenters. The maximum Gasteiger partial charge on any atom is 0.264 e. The zero-order valence-electron chi connectivity index (χ0n) is 23.1. The molecule has 2 aromatic carbocycles. The van der Waals surface area contributed by atoms with Gasteiger partial charge in [-0.2, -0.15) is 16.8 Å². The van der Waals surface area contributed by atoms with E-state index < -0.39 is 20.2 Å². The van der Waals surface area contributed by atoms with Crippen LogP contribution in [0.1, 0.15) is 57.9 Å². The molecule has 1 aromatic heterocycles. The van der Waals surface area contributed by atoms with Crippen molar-refractivity contribution in [2.75, 3.05) is 16.8 Å². The maximum atomic E-state index is 13.8. The Hall–Kier alpha value is -2.64. The molecule has 9 nitrogen and oxygen atoms in total. The van der Waals surface area contributed by atoms with Crippen LogP contribution in [-0.4, -0.2) is 48.3 Å². The summed E-state index contributed by atoms with van der Waals surface area (Å²) < 4.78 is 67.6. The van der Waals surface area contributed by atoms with Gasteiger partial charge in [0.15, 0.2) is 0 Å². The van der Waals surface area contributed by atoms with Crippen LogP contribution in [0.3, 0.4) is 0 Å². The van der Waals surface area contributed by atoms with Gasteiger partial charge in [0.1, 0.15) is 5.82 Å². The van der Waals surface area contributed by atoms with Gasteiger partial charge in [-0.3, -0.25) is 18.9 Å². The zero-order chi connectivity index (χ0) is 30.8. The number of fused-ring (bicyclic) bond motifs is 1. The molecule has 0 bridgehead atoms. The highest BCUT2D eigenvalue weighted by molar-refractivity contribution is 7.85. The first-order valence-electron chi connectivity index (χ1n) is 13.1. The second-order valence-electron chi connectivity index (χ2n) is 9.70. The van der Waals surface area contributed by atoms with E-state index in [1.54, 1.807) is 24.3 Å². The second kappa shape index (κ2) is 15.5. The molecule has 1 saturated carbocycles. The first kappa shape index (κ1) is 34.6. The van der Waals surface area contributed by atoms with Gasteiger partial charge < -0.3 is 5.32 Å². The van der Waals surface area contributed by atoms with E-state index in [1.807, 2.05) is 31.3 Å². The van der Waals surface area contributed by atoms with Crippen LogP contribution in [0.15, 0.2) is 54.7 Å². The number of hydrogen-bond donors (Lipinski definition) is 3. The Morgan fingerprint density at radius 3 is 2.02 bits per heavy atom. The first-order chi connectivity index (χ1) is 19.1. The van der Waals surface area contributed by atoms with Crippen LogP contribution in [0.2, 0.25) is 5.02 Å². The fraction of sp³-hybridized carbons (Fsp3) is 0.429. The lowest BCUT2D eigenvalue weighted by atomic mass is 9.73. The lowest BCUT2D eigenvalue weighted by Gasteiger charge is -2.32. The Bertz CT molecular complexity index is 1480. The Labute approximate surface area is 246 Å². The van der Waals surface area contributed by atoms with Gasteiger partial charge in [-0.05, 0) is 105 Å². The maximum absolute atomic E-state index is 13.8. The van der Waals surface area contributed by atoms with Crippen LogP contribution in [0.5, 0.6) is 0 Å². The van der Waals surface area contributed by atoms with Crippen molar-refractivity contribution in [1.82, 2.24) is 4.98 Å². The minimum absolute atomic E-state index is 0.0483. The summed E-state index contributed by atoms with van der Waals surface area (Å²) in [4.78, 5) is 17.0. The summed E-state index contributed by atoms with van der Waals surface area (Å²) >= 11 is 5.90. The van der Waals surface area contributed by atoms with Crippen molar-refractivity contribution in [2.24, 2.45) is 11.8 Å². The third-order valence-corrected chi connectivity index (χ3v) is 8.62. The number of amides is 1. The molecule has 3 aromatic rings. The zero-order valence-corrected chi connectivity index (χ0v) is 25.5. The van der Waals surface area contributed by atoms with Gasteiger partial charge >= 0.3 is 0 Å². The molecule has 1 atom stereocenters. The van der Waals surface area contributed by atoms with E-state index in [0.29, 0.717) is 16.9 Å². The summed E-state index contributed by atoms with van der Waals surface area (Å²) in [5.74, 6) is 0.0897. The van der Waals surface area contributed by atoms with Crippen LogP contribution in [-0.2, 0) is 25.0 Å². The van der Waals surface area contributed by atoms with E-state index in [9.17, 15) is 26.0 Å². The van der Waals surface area contributed by atoms with Crippen molar-refractivity contribution in [3.05, 3.63) is 71.1 Å². The molecule has 41 heavy (non-hydrogen) atoms. The Kier molecular flexibility index (Phi) is 13.1. The summed E-state index contributed by atoms with van der Waals surface area (Å²) in [6, 6.07) is 14.0. The number of hydrogen-bond acceptors (Lipinski definition) is 6. The number of aromatic nitrogens is 1. The summed E-state index contributed by atoms with van der Waals surface area (Å²) in [7, 11) is -7.32. The van der Waals surface area contributed by atoms with Crippen LogP contribution in [0.4, 0.5) is 10.1 Å². The number of anilines is 1. The summed E-state index contributed by atoms with van der Waals surface area (Å²) in [5, 5.41) is 4.55. The van der Waals surface area contributed by atoms with Gasteiger partial charge in [0, 0.05) is 28.2 Å². The van der Waals surface area contributed by atoms with Crippen molar-refractivity contribution in [3.8, 4) is 0 Å². The largest absolute Gasteiger partial charge is 0.326 e. The Morgan fingerprint density at radius 2 is 1.51 bits per heavy atom. The van der Waals surface area contributed by atoms with E-state index in [-0.39, 0.29) is 29.1 Å². The van der Waals surface area contributed by atoms with E-state index >= 15 is 0 Å². The highest BCUT2D eigenvalue weighted by Gasteiger charge is 2.30. The van der Waals surface area contributed by atoms with Gasteiger partial charge in [-0.1, -0.05) is 18.5 Å². The van der Waals surface area contributed by atoms with Crippen LogP contribution >= 0.6 is 11.6 Å². The predicted octanol–water partition coefficient (Wildman–Crippen LogP) is 6.36. The minimum atomic E-state index is -3.66. The number of nitrogens with one attached hydrogen (secondary N) is 1. The molecule has 1 aliphatic carbocycles. The lowest BCUT2D eigenvalue weighted by Crippen LogP contribution is -2.29. The van der Waals surface area contributed by atoms with Gasteiger partial charge in [0.2, 0.25) is 5.91 Å². The minimum Gasteiger partial charge on any atom is -0.326 e. The molecule has 1 heterocycles. The number of halogens is 2. The van der Waals surface area contributed by atoms with Crippen molar-refractivity contribution in [1.29, 1.82) is 0 Å². The van der Waals surface area contributed by atoms with Crippen LogP contribution in [0, 0.1) is 17.7 Å². The number of carbonyl (C=O) groups excluding carboxylic acids is 1. The van der Waals surface area contributed by atoms with Crippen LogP contribution < -0.4 is 5.32 Å². The van der Waals surface area contributed by atoms with Crippen molar-refractivity contribution < 1.29 is 35.1 Å². The molecule has 0 radical (unpaired) electrons. The predicted molar refractivity (Wildman–Crippen MR) is 160 cm³/mol. The quantitative estimate of drug-likeness (QED) is 0.266. The average Bonchev–Trinajstić information content (AvgIpc) is 2.93. The van der Waals surface area contributed by atoms with E-state index in [1.165, 1.54) is 25.5 Å². The number of carbonyl (C=O) groups is 1. The van der Waals surface area contributed by atoms with E-state index in [0.717, 1.165) is 42.3 Å². The third kappa shape index (κ3) is 12.0. The van der Waals surface area contributed by atoms with Gasteiger partial charge in [0.05, 0.1) is 17.0 Å². The molecule has 0 saturated heterocycles. The van der Waals surface area contributed by atoms with E-state index in [2.05, 4.69) is 10.3 Å². The molecule has 3 N–H and O–H groups in total. The first-order valence-corrected chi connectivity index (χ1v) is 16.7. The third-order valence-electron chi connectivity index (χ3n) is 6.91. The summed E-state index contributed by atoms with van der Waals surface area (Å²) in [5.41, 5.74) is 2.78. The SMILES string of the molecule is CCS(=O)(=O)O.CCS(=O)(=O)O.C[C@@H](C(=O)Nc1ccc(Cl)cc1)C1CCC(c2ccnc3ccc(F)cc23)CC1. The molecular weight excluding hydrogens is 595 g/mol. The molecule has 0 spiro atoms. The van der Waals surface area contributed by atoms with E-state index in [4.69, 9.17) is 20.7 Å². The molecule has 226 valence electrons. The molecule has 1 amide bonds. The normalized spacial score (nSPS) is 17.8. The average molecular weight is 631 g/mol. The number of benzene rings is 2. The molecule has 4 rings (SSSR count). The van der Waals surface area contributed by atoms with Crippen molar-refractivity contribution in [3.63, 3.8) is 0 Å². The van der Waals surface area contributed by atoms with Crippen LogP contribution in [0.25, 0.3) is 10.9 Å². The topological polar surface area (TPSA) is 151 Å². The Balaban J connectivity index is 0.000000413. The lowest BCUT2D eigenvalue weighted by molar-refractivity contribution is -0.121. The van der Waals surface area contributed by atoms with Gasteiger partial charge in [-0.25, -0.2) is 4.39 Å². The molecule has 0 aliphatic heterocycles. The standard InChI is InChI=1S/C24H24ClFN2O.2C2H6O3S/c1-15(24(29)28-20-9-6-18(25)7-10-20)16-2-4-17(5-3-16)21-12-13-27-23-11-8-19(26)14-22(21)23;2*1-2-6(3,4)5/h6-17H,2-5H2,1H3,(H,28,29);2*2H2,1H3,(H,3,4,5)/t15-,16?,17?;;/m1../s1. The highest BCUT2D eigenvalue weighted by Crippen LogP contribution is 2.41. The summed E-state index contributed by atoms with van der Waals surface area (Å²) in [6.45, 7) is 4.75. The monoisotopic (exact) mass is 630 g/mol. The van der Waals surface area contributed by atoms with Gasteiger partial charge in [0.25, 0.3) is 20.2 Å². The molecular formula is C28H36ClFN2O7S2. The van der Waals surface area contributed by atoms with Crippen molar-refractivity contribution >= 4 is 54.3 Å². The number of nitrogens with zero attached hydrogens (tertiary/aromatic N) is 1. The number of rotatable bonds is 6. The smallest absolute Gasteiger partial charge is 0.264 e. The fourth-order valence-corrected chi connectivity index (χ4v) is 4.56. The highest BCUT2D eigenvalue weighted by atomic mass is 35.5. The summed E-state index contributed by atoms with van der Waals surface area (Å²) in [6.07, 6.45) is 5.78. The second-order valence-corrected chi connectivity index (χ2v) is 13.6. The Morgan fingerprint density at radius 1 is 0.976 bits per heavy atom. The molecule has 13 heteroatoms. The number of pyridine rings is 1. The molecule has 1 aliphatic rings. The van der Waals surface area contributed by atoms with Gasteiger partial charge in [-0.15, -0.1) is 0 Å². The van der Waals surface area contributed by atoms with Crippen molar-refractivity contribution in [2.45, 2.75) is 52.4 Å². The fourth-order valence-electron chi connectivity index (χ4n) is 4.43.